The van der Waals surface area contributed by atoms with Gasteiger partial charge in [0.1, 0.15) is 5.75 Å². The number of phenolic OH excluding ortho intramolecular Hbond substituents is 1. The fourth-order valence-corrected chi connectivity index (χ4v) is 1.92. The first-order valence-corrected chi connectivity index (χ1v) is 5.88. The minimum atomic E-state index is -0.0178. The summed E-state index contributed by atoms with van der Waals surface area (Å²) in [5.41, 5.74) is 3.26. The van der Waals surface area contributed by atoms with Crippen LogP contribution in [-0.2, 0) is 31.9 Å². The predicted octanol–water partition coefficient (Wildman–Crippen LogP) is 5.14. The van der Waals surface area contributed by atoms with Gasteiger partial charge in [0.25, 0.3) is 0 Å². The molecule has 0 heterocycles. The van der Waals surface area contributed by atoms with Crippen LogP contribution in [-0.4, -0.2) is 5.11 Å². The topological polar surface area (TPSA) is 20.2 Å². The van der Waals surface area contributed by atoms with E-state index in [0.717, 1.165) is 11.1 Å². The largest absolute Gasteiger partial charge is 0.507 e. The number of benzene rings is 1. The summed E-state index contributed by atoms with van der Waals surface area (Å²) in [6, 6.07) is 4.18. The van der Waals surface area contributed by atoms with Crippen molar-refractivity contribution in [2.24, 2.45) is 0 Å². The Morgan fingerprint density at radius 2 is 1.05 bits per heavy atom. The van der Waals surface area contributed by atoms with E-state index in [1.165, 1.54) is 5.56 Å². The van der Waals surface area contributed by atoms with Gasteiger partial charge in [-0.25, -0.2) is 0 Å². The number of hydrogen-bond donors (Lipinski definition) is 1. The number of halogens is 2. The van der Waals surface area contributed by atoms with Crippen molar-refractivity contribution >= 4 is 24.8 Å². The summed E-state index contributed by atoms with van der Waals surface area (Å²) in [6.07, 6.45) is 0. The molecule has 1 nitrogen and oxygen atoms in total. The summed E-state index contributed by atoms with van der Waals surface area (Å²) in [7, 11) is 0. The Labute approximate surface area is 144 Å². The first-order valence-electron chi connectivity index (χ1n) is 5.88. The molecule has 0 spiro atoms. The van der Waals surface area contributed by atoms with Gasteiger partial charge < -0.3 is 5.11 Å². The molecule has 0 unspecified atom stereocenters. The fraction of sp³-hybridized carbons (Fsp3) is 0.600. The van der Waals surface area contributed by atoms with E-state index in [9.17, 15) is 5.11 Å². The molecule has 112 valence electrons. The molecule has 0 aliphatic rings. The van der Waals surface area contributed by atoms with Gasteiger partial charge in [-0.1, -0.05) is 59.2 Å². The van der Waals surface area contributed by atoms with Crippen LogP contribution in [0.15, 0.2) is 12.1 Å². The first-order chi connectivity index (χ1) is 7.03. The fourth-order valence-electron chi connectivity index (χ4n) is 1.92. The summed E-state index contributed by atoms with van der Waals surface area (Å²) in [6.45, 7) is 14.9. The predicted molar refractivity (Wildman–Crippen MR) is 84.7 cm³/mol. The number of aromatic hydroxyl groups is 1. The van der Waals surface area contributed by atoms with Gasteiger partial charge in [-0.05, 0) is 28.9 Å². The molecule has 0 fully saturated rings. The van der Waals surface area contributed by atoms with Crippen LogP contribution in [0, 0.1) is 6.92 Å². The van der Waals surface area contributed by atoms with E-state index in [2.05, 4.69) is 60.6 Å². The van der Waals surface area contributed by atoms with Crippen molar-refractivity contribution in [1.82, 2.24) is 0 Å². The maximum absolute atomic E-state index is 10.4. The van der Waals surface area contributed by atoms with Crippen molar-refractivity contribution in [1.29, 1.82) is 0 Å². The van der Waals surface area contributed by atoms with Gasteiger partial charge in [-0.3, -0.25) is 0 Å². The molecule has 0 radical (unpaired) electrons. The van der Waals surface area contributed by atoms with E-state index < -0.39 is 0 Å². The smallest absolute Gasteiger partial charge is 0.123 e. The van der Waals surface area contributed by atoms with Crippen molar-refractivity contribution in [2.75, 3.05) is 0 Å². The van der Waals surface area contributed by atoms with Gasteiger partial charge in [0.2, 0.25) is 0 Å². The standard InChI is InChI=1S/C15H24O.2ClH.W/c1-10-8-11(14(2,3)4)13(16)12(9-10)15(5,6)7;;;/h8-9,16H,1-7H3;2*1H;. The van der Waals surface area contributed by atoms with Crippen LogP contribution >= 0.6 is 24.8 Å². The van der Waals surface area contributed by atoms with Gasteiger partial charge in [-0.15, -0.1) is 24.8 Å². The van der Waals surface area contributed by atoms with Crippen LogP contribution in [0.1, 0.15) is 58.2 Å². The minimum absolute atomic E-state index is 0. The minimum Gasteiger partial charge on any atom is -0.507 e. The van der Waals surface area contributed by atoms with E-state index in [1.807, 2.05) is 0 Å². The van der Waals surface area contributed by atoms with Gasteiger partial charge in [0, 0.05) is 21.1 Å². The summed E-state index contributed by atoms with van der Waals surface area (Å²) in [5, 5.41) is 10.4. The van der Waals surface area contributed by atoms with Gasteiger partial charge in [0.05, 0.1) is 0 Å². The van der Waals surface area contributed by atoms with Crippen LogP contribution in [0.25, 0.3) is 0 Å². The Kier molecular flexibility index (Phi) is 10.1. The molecule has 1 aromatic rings. The summed E-state index contributed by atoms with van der Waals surface area (Å²) >= 11 is 0. The second kappa shape index (κ2) is 7.91. The number of phenols is 1. The van der Waals surface area contributed by atoms with E-state index in [0.29, 0.717) is 5.75 Å². The zero-order valence-electron chi connectivity index (χ0n) is 12.8. The van der Waals surface area contributed by atoms with Crippen LogP contribution < -0.4 is 0 Å². The zero-order valence-corrected chi connectivity index (χ0v) is 17.4. The van der Waals surface area contributed by atoms with Crippen molar-refractivity contribution in [2.45, 2.75) is 59.3 Å². The quantitative estimate of drug-likeness (QED) is 0.550. The van der Waals surface area contributed by atoms with E-state index >= 15 is 0 Å². The average molecular weight is 477 g/mol. The zero-order chi connectivity index (χ0) is 12.7. The third-order valence-corrected chi connectivity index (χ3v) is 2.87. The molecule has 0 amide bonds. The molecule has 0 aromatic heterocycles. The van der Waals surface area contributed by atoms with Crippen molar-refractivity contribution in [3.63, 3.8) is 0 Å². The van der Waals surface area contributed by atoms with Crippen molar-refractivity contribution < 1.29 is 26.2 Å². The Morgan fingerprint density at radius 1 is 0.789 bits per heavy atom. The molecule has 1 aromatic carbocycles. The summed E-state index contributed by atoms with van der Waals surface area (Å²) in [5.74, 6) is 0.464. The van der Waals surface area contributed by atoms with Crippen LogP contribution in [0.2, 0.25) is 0 Å². The first kappa shape index (κ1) is 24.3. The molecule has 1 rings (SSSR count). The maximum Gasteiger partial charge on any atom is 0.123 e. The third-order valence-electron chi connectivity index (χ3n) is 2.87. The van der Waals surface area contributed by atoms with Gasteiger partial charge in [0.15, 0.2) is 0 Å². The van der Waals surface area contributed by atoms with Gasteiger partial charge in [-0.2, -0.15) is 0 Å². The Morgan fingerprint density at radius 3 is 1.26 bits per heavy atom. The second-order valence-corrected chi connectivity index (χ2v) is 6.71. The Hall–Kier alpha value is 0.288. The van der Waals surface area contributed by atoms with Crippen LogP contribution in [0.5, 0.6) is 5.75 Å². The molecule has 0 atom stereocenters. The molecule has 19 heavy (non-hydrogen) atoms. The average Bonchev–Trinajstić information content (AvgIpc) is 2.04. The molecule has 0 aliphatic heterocycles. The molecule has 0 aliphatic carbocycles. The Bertz CT molecular complexity index is 369. The number of aryl methyl sites for hydroxylation is 1. The van der Waals surface area contributed by atoms with Crippen molar-refractivity contribution in [3.8, 4) is 5.75 Å². The second-order valence-electron chi connectivity index (χ2n) is 6.71. The van der Waals surface area contributed by atoms with Crippen LogP contribution in [0.3, 0.4) is 0 Å². The summed E-state index contributed by atoms with van der Waals surface area (Å²) < 4.78 is 0. The molecule has 0 bridgehead atoms. The number of rotatable bonds is 0. The SMILES string of the molecule is Cc1cc(C(C)(C)C)c(O)c(C(C)(C)C)c1.Cl.Cl.[W]. The van der Waals surface area contributed by atoms with E-state index in [-0.39, 0.29) is 56.7 Å². The molecule has 1 N–H and O–H groups in total. The van der Waals surface area contributed by atoms with E-state index in [1.54, 1.807) is 0 Å². The molecule has 4 heteroatoms. The number of hydrogen-bond acceptors (Lipinski definition) is 1. The maximum atomic E-state index is 10.4. The van der Waals surface area contributed by atoms with E-state index in [4.69, 9.17) is 0 Å². The van der Waals surface area contributed by atoms with Gasteiger partial charge >= 0.3 is 0 Å². The molecular weight excluding hydrogens is 451 g/mol. The van der Waals surface area contributed by atoms with Crippen LogP contribution in [0.4, 0.5) is 0 Å². The normalized spacial score (nSPS) is 10.9. The molecule has 0 saturated carbocycles. The molecule has 0 saturated heterocycles. The Balaban J connectivity index is -0.000000853. The van der Waals surface area contributed by atoms with Crippen molar-refractivity contribution in [3.05, 3.63) is 28.8 Å². The third kappa shape index (κ3) is 6.06. The molecular formula is C15H26Cl2OW. The monoisotopic (exact) mass is 476 g/mol. The summed E-state index contributed by atoms with van der Waals surface area (Å²) in [4.78, 5) is 0.